The molecule has 1 rings (SSSR count). The molecule has 10 heavy (non-hydrogen) atoms. The minimum absolute atomic E-state index is 1.17. The van der Waals surface area contributed by atoms with E-state index in [1.165, 1.54) is 18.5 Å². The lowest BCUT2D eigenvalue weighted by Gasteiger charge is -1.84. The Morgan fingerprint density at radius 3 is 3.10 bits per heavy atom. The van der Waals surface area contributed by atoms with Gasteiger partial charge in [-0.15, -0.1) is 0 Å². The quantitative estimate of drug-likeness (QED) is 0.656. The van der Waals surface area contributed by atoms with E-state index < -0.39 is 0 Å². The Morgan fingerprint density at radius 2 is 2.50 bits per heavy atom. The van der Waals surface area contributed by atoms with Crippen molar-refractivity contribution in [2.45, 2.75) is 19.8 Å². The Balaban J connectivity index is 2.40. The van der Waals surface area contributed by atoms with E-state index in [0.717, 1.165) is 0 Å². The summed E-state index contributed by atoms with van der Waals surface area (Å²) in [5, 5.41) is 0. The van der Waals surface area contributed by atoms with Gasteiger partial charge < -0.3 is 4.98 Å². The SMILES string of the molecule is CCCC=Cc1ccc[nH]1. The van der Waals surface area contributed by atoms with Crippen molar-refractivity contribution in [2.75, 3.05) is 0 Å². The number of nitrogens with one attached hydrogen (secondary N) is 1. The molecule has 1 aromatic heterocycles. The molecule has 0 aliphatic carbocycles. The van der Waals surface area contributed by atoms with Crippen molar-refractivity contribution in [3.63, 3.8) is 0 Å². The topological polar surface area (TPSA) is 15.8 Å². The molecule has 0 amide bonds. The fourth-order valence-electron chi connectivity index (χ4n) is 0.825. The van der Waals surface area contributed by atoms with Gasteiger partial charge in [0.25, 0.3) is 0 Å². The number of H-pyrrole nitrogens is 1. The molecule has 0 aromatic carbocycles. The van der Waals surface area contributed by atoms with Crippen LogP contribution in [0, 0.1) is 0 Å². The van der Waals surface area contributed by atoms with E-state index in [0.29, 0.717) is 0 Å². The molecular weight excluding hydrogens is 122 g/mol. The van der Waals surface area contributed by atoms with E-state index in [4.69, 9.17) is 0 Å². The van der Waals surface area contributed by atoms with Crippen LogP contribution >= 0.6 is 0 Å². The van der Waals surface area contributed by atoms with Crippen molar-refractivity contribution in [1.29, 1.82) is 0 Å². The van der Waals surface area contributed by atoms with Crippen LogP contribution in [0.15, 0.2) is 24.4 Å². The van der Waals surface area contributed by atoms with E-state index in [9.17, 15) is 0 Å². The molecule has 0 spiro atoms. The minimum atomic E-state index is 1.17. The lowest BCUT2D eigenvalue weighted by molar-refractivity contribution is 0.962. The van der Waals surface area contributed by atoms with E-state index in [2.05, 4.69) is 30.1 Å². The summed E-state index contributed by atoms with van der Waals surface area (Å²) in [6.07, 6.45) is 8.62. The number of hydrogen-bond acceptors (Lipinski definition) is 0. The fourth-order valence-corrected chi connectivity index (χ4v) is 0.825. The number of unbranched alkanes of at least 4 members (excludes halogenated alkanes) is 1. The second-order valence-corrected chi connectivity index (χ2v) is 2.32. The smallest absolute Gasteiger partial charge is 0.0377 e. The van der Waals surface area contributed by atoms with Gasteiger partial charge in [0, 0.05) is 11.9 Å². The van der Waals surface area contributed by atoms with Crippen LogP contribution in [0.4, 0.5) is 0 Å². The largest absolute Gasteiger partial charge is 0.362 e. The molecule has 0 atom stereocenters. The first-order chi connectivity index (χ1) is 4.93. The first-order valence-electron chi connectivity index (χ1n) is 3.73. The average Bonchev–Trinajstić information content (AvgIpc) is 2.41. The summed E-state index contributed by atoms with van der Waals surface area (Å²) < 4.78 is 0. The molecule has 0 bridgehead atoms. The summed E-state index contributed by atoms with van der Waals surface area (Å²) in [5.74, 6) is 0. The highest BCUT2D eigenvalue weighted by Gasteiger charge is 1.81. The fraction of sp³-hybridized carbons (Fsp3) is 0.333. The van der Waals surface area contributed by atoms with Crippen molar-refractivity contribution in [1.82, 2.24) is 4.98 Å². The lowest BCUT2D eigenvalue weighted by Crippen LogP contribution is -1.67. The van der Waals surface area contributed by atoms with Gasteiger partial charge in [0.05, 0.1) is 0 Å². The van der Waals surface area contributed by atoms with Crippen molar-refractivity contribution in [3.05, 3.63) is 30.1 Å². The summed E-state index contributed by atoms with van der Waals surface area (Å²) in [4.78, 5) is 3.11. The molecule has 54 valence electrons. The van der Waals surface area contributed by atoms with Crippen LogP contribution in [0.3, 0.4) is 0 Å². The molecular formula is C9H13N. The highest BCUT2D eigenvalue weighted by molar-refractivity contribution is 5.43. The van der Waals surface area contributed by atoms with Crippen LogP contribution in [-0.4, -0.2) is 4.98 Å². The van der Waals surface area contributed by atoms with Gasteiger partial charge in [0.15, 0.2) is 0 Å². The minimum Gasteiger partial charge on any atom is -0.362 e. The molecule has 1 nitrogen and oxygen atoms in total. The molecule has 0 radical (unpaired) electrons. The van der Waals surface area contributed by atoms with Gasteiger partial charge in [0.2, 0.25) is 0 Å². The van der Waals surface area contributed by atoms with Crippen LogP contribution < -0.4 is 0 Å². The summed E-state index contributed by atoms with van der Waals surface area (Å²) in [6.45, 7) is 2.18. The monoisotopic (exact) mass is 135 g/mol. The number of allylic oxidation sites excluding steroid dienone is 1. The van der Waals surface area contributed by atoms with Crippen LogP contribution in [0.1, 0.15) is 25.5 Å². The molecule has 0 saturated carbocycles. The van der Waals surface area contributed by atoms with Gasteiger partial charge in [-0.25, -0.2) is 0 Å². The maximum atomic E-state index is 3.11. The number of hydrogen-bond donors (Lipinski definition) is 1. The Kier molecular flexibility index (Phi) is 2.81. The van der Waals surface area contributed by atoms with Gasteiger partial charge in [-0.3, -0.25) is 0 Å². The molecule has 0 aliphatic heterocycles. The normalized spacial score (nSPS) is 10.9. The predicted octanol–water partition coefficient (Wildman–Crippen LogP) is 2.83. The van der Waals surface area contributed by atoms with Crippen molar-refractivity contribution < 1.29 is 0 Å². The van der Waals surface area contributed by atoms with Crippen molar-refractivity contribution in [3.8, 4) is 0 Å². The molecule has 1 aromatic rings. The van der Waals surface area contributed by atoms with E-state index in [1.807, 2.05) is 12.3 Å². The molecule has 0 saturated heterocycles. The van der Waals surface area contributed by atoms with Crippen LogP contribution in [0.2, 0.25) is 0 Å². The predicted molar refractivity (Wildman–Crippen MR) is 44.7 cm³/mol. The third kappa shape index (κ3) is 2.09. The Bertz CT molecular complexity index is 185. The van der Waals surface area contributed by atoms with Crippen molar-refractivity contribution in [2.24, 2.45) is 0 Å². The Morgan fingerprint density at radius 1 is 1.60 bits per heavy atom. The Hall–Kier alpha value is -0.980. The highest BCUT2D eigenvalue weighted by atomic mass is 14.7. The zero-order valence-corrected chi connectivity index (χ0v) is 6.30. The van der Waals surface area contributed by atoms with Gasteiger partial charge >= 0.3 is 0 Å². The van der Waals surface area contributed by atoms with Crippen LogP contribution in [-0.2, 0) is 0 Å². The van der Waals surface area contributed by atoms with Crippen LogP contribution in [0.5, 0.6) is 0 Å². The maximum Gasteiger partial charge on any atom is 0.0377 e. The zero-order chi connectivity index (χ0) is 7.23. The molecule has 1 heteroatoms. The van der Waals surface area contributed by atoms with Gasteiger partial charge in [0.1, 0.15) is 0 Å². The number of aromatic nitrogens is 1. The van der Waals surface area contributed by atoms with E-state index >= 15 is 0 Å². The summed E-state index contributed by atoms with van der Waals surface area (Å²) in [7, 11) is 0. The van der Waals surface area contributed by atoms with Gasteiger partial charge in [-0.05, 0) is 24.6 Å². The van der Waals surface area contributed by atoms with Crippen LogP contribution in [0.25, 0.3) is 6.08 Å². The van der Waals surface area contributed by atoms with Crippen molar-refractivity contribution >= 4 is 6.08 Å². The van der Waals surface area contributed by atoms with E-state index in [-0.39, 0.29) is 0 Å². The molecule has 1 N–H and O–H groups in total. The average molecular weight is 135 g/mol. The zero-order valence-electron chi connectivity index (χ0n) is 6.30. The molecule has 0 aliphatic rings. The second-order valence-electron chi connectivity index (χ2n) is 2.32. The molecule has 1 heterocycles. The lowest BCUT2D eigenvalue weighted by atomic mass is 10.3. The Labute approximate surface area is 61.8 Å². The molecule has 0 unspecified atom stereocenters. The number of rotatable bonds is 3. The third-order valence-electron chi connectivity index (χ3n) is 1.37. The van der Waals surface area contributed by atoms with Gasteiger partial charge in [-0.2, -0.15) is 0 Å². The summed E-state index contributed by atoms with van der Waals surface area (Å²) >= 11 is 0. The second kappa shape index (κ2) is 3.94. The third-order valence-corrected chi connectivity index (χ3v) is 1.37. The van der Waals surface area contributed by atoms with E-state index in [1.54, 1.807) is 0 Å². The first-order valence-corrected chi connectivity index (χ1v) is 3.73. The maximum absolute atomic E-state index is 3.11. The summed E-state index contributed by atoms with van der Waals surface area (Å²) in [5.41, 5.74) is 1.19. The molecule has 0 fully saturated rings. The summed E-state index contributed by atoms with van der Waals surface area (Å²) in [6, 6.07) is 4.07. The number of aromatic amines is 1. The van der Waals surface area contributed by atoms with Gasteiger partial charge in [-0.1, -0.05) is 19.4 Å². The highest BCUT2D eigenvalue weighted by Crippen LogP contribution is 1.99. The standard InChI is InChI=1S/C9H13N/c1-2-3-4-6-9-7-5-8-10-9/h4-8,10H,2-3H2,1H3. The first kappa shape index (κ1) is 7.13.